The first kappa shape index (κ1) is 18.3. The minimum absolute atomic E-state index is 0.0179. The summed E-state index contributed by atoms with van der Waals surface area (Å²) in [6.45, 7) is 0.223. The van der Waals surface area contributed by atoms with Crippen molar-refractivity contribution in [1.29, 1.82) is 5.41 Å². The fourth-order valence-corrected chi connectivity index (χ4v) is 2.15. The third-order valence-electron chi connectivity index (χ3n) is 3.40. The van der Waals surface area contributed by atoms with Crippen LogP contribution in [0.5, 0.6) is 5.88 Å². The second kappa shape index (κ2) is 7.40. The van der Waals surface area contributed by atoms with Gasteiger partial charge in [0.25, 0.3) is 5.56 Å². The fraction of sp³-hybridized carbons (Fsp3) is 0.188. The van der Waals surface area contributed by atoms with E-state index >= 15 is 0 Å². The van der Waals surface area contributed by atoms with E-state index in [1.165, 1.54) is 29.1 Å². The van der Waals surface area contributed by atoms with Crippen LogP contribution < -0.4 is 10.3 Å². The summed E-state index contributed by atoms with van der Waals surface area (Å²) in [7, 11) is 0. The van der Waals surface area contributed by atoms with Crippen molar-refractivity contribution in [2.75, 3.05) is 6.61 Å². The van der Waals surface area contributed by atoms with E-state index in [1.54, 1.807) is 12.1 Å². The average Bonchev–Trinajstić information content (AvgIpc) is 3.13. The Morgan fingerprint density at radius 1 is 1.26 bits per heavy atom. The normalized spacial score (nSPS) is 11.4. The summed E-state index contributed by atoms with van der Waals surface area (Å²) in [4.78, 5) is 19.3. The number of benzene rings is 1. The standard InChI is InChI=1S/C16H12F3N5O3/c17-16(18,19)15-22-14(23-27-15)11-3-1-10(2-4-11)8-24-9-21-12(7-13(24)25)26-6-5-20/h1-5,7,9,20H,6,8H2. The molecule has 1 N–H and O–H groups in total. The van der Waals surface area contributed by atoms with Crippen LogP contribution in [-0.4, -0.2) is 32.5 Å². The van der Waals surface area contributed by atoms with E-state index in [4.69, 9.17) is 10.1 Å². The summed E-state index contributed by atoms with van der Waals surface area (Å²) in [6.07, 6.45) is -2.35. The molecule has 2 aromatic heterocycles. The lowest BCUT2D eigenvalue weighted by Gasteiger charge is -2.07. The first-order valence-corrected chi connectivity index (χ1v) is 7.55. The van der Waals surface area contributed by atoms with E-state index in [2.05, 4.69) is 19.6 Å². The summed E-state index contributed by atoms with van der Waals surface area (Å²) >= 11 is 0. The number of ether oxygens (including phenoxy) is 1. The van der Waals surface area contributed by atoms with Crippen LogP contribution in [-0.2, 0) is 12.7 Å². The highest BCUT2D eigenvalue weighted by Gasteiger charge is 2.38. The molecule has 3 aromatic rings. The van der Waals surface area contributed by atoms with Crippen LogP contribution in [0, 0.1) is 5.41 Å². The van der Waals surface area contributed by atoms with Crippen LogP contribution >= 0.6 is 0 Å². The maximum atomic E-state index is 12.5. The number of aromatic nitrogens is 4. The van der Waals surface area contributed by atoms with Gasteiger partial charge in [0.05, 0.1) is 12.6 Å². The molecule has 0 aliphatic heterocycles. The van der Waals surface area contributed by atoms with Crippen LogP contribution in [0.15, 0.2) is 46.0 Å². The van der Waals surface area contributed by atoms with Crippen molar-refractivity contribution in [2.24, 2.45) is 0 Å². The first-order chi connectivity index (χ1) is 12.9. The molecule has 0 radical (unpaired) electrons. The largest absolute Gasteiger partial charge is 0.472 e. The van der Waals surface area contributed by atoms with Crippen molar-refractivity contribution in [3.63, 3.8) is 0 Å². The lowest BCUT2D eigenvalue weighted by Crippen LogP contribution is -2.20. The van der Waals surface area contributed by atoms with Crippen molar-refractivity contribution in [3.8, 4) is 17.3 Å². The molecule has 0 aliphatic rings. The third kappa shape index (κ3) is 4.37. The zero-order valence-corrected chi connectivity index (χ0v) is 13.6. The Morgan fingerprint density at radius 3 is 2.59 bits per heavy atom. The van der Waals surface area contributed by atoms with E-state index in [0.29, 0.717) is 5.56 Å². The Labute approximate surface area is 149 Å². The Bertz CT molecular complexity index is 996. The predicted octanol–water partition coefficient (Wildman–Crippen LogP) is 2.39. The molecular formula is C16H12F3N5O3. The van der Waals surface area contributed by atoms with Gasteiger partial charge in [0.15, 0.2) is 0 Å². The summed E-state index contributed by atoms with van der Waals surface area (Å²) in [6, 6.07) is 7.52. The molecule has 0 spiro atoms. The summed E-state index contributed by atoms with van der Waals surface area (Å²) in [5.74, 6) is -1.47. The Morgan fingerprint density at radius 2 is 2.00 bits per heavy atom. The van der Waals surface area contributed by atoms with Gasteiger partial charge in [0, 0.05) is 11.8 Å². The number of hydrogen-bond acceptors (Lipinski definition) is 7. The number of nitrogens with one attached hydrogen (secondary N) is 1. The highest BCUT2D eigenvalue weighted by atomic mass is 19.4. The van der Waals surface area contributed by atoms with Crippen molar-refractivity contribution in [1.82, 2.24) is 19.7 Å². The van der Waals surface area contributed by atoms with Gasteiger partial charge in [-0.25, -0.2) is 4.98 Å². The number of halogens is 3. The topological polar surface area (TPSA) is 107 Å². The third-order valence-corrected chi connectivity index (χ3v) is 3.40. The molecule has 1 aromatic carbocycles. The minimum Gasteiger partial charge on any atom is -0.472 e. The Kier molecular flexibility index (Phi) is 5.01. The van der Waals surface area contributed by atoms with Crippen molar-refractivity contribution in [2.45, 2.75) is 12.7 Å². The minimum atomic E-state index is -4.70. The molecule has 0 fully saturated rings. The predicted molar refractivity (Wildman–Crippen MR) is 86.6 cm³/mol. The fourth-order valence-electron chi connectivity index (χ4n) is 2.15. The lowest BCUT2D eigenvalue weighted by molar-refractivity contribution is -0.159. The van der Waals surface area contributed by atoms with Gasteiger partial charge in [0.2, 0.25) is 11.7 Å². The zero-order valence-electron chi connectivity index (χ0n) is 13.6. The number of hydrogen-bond donors (Lipinski definition) is 1. The monoisotopic (exact) mass is 379 g/mol. The second-order valence-corrected chi connectivity index (χ2v) is 5.33. The van der Waals surface area contributed by atoms with Gasteiger partial charge in [-0.15, -0.1) is 0 Å². The van der Waals surface area contributed by atoms with E-state index < -0.39 is 12.1 Å². The van der Waals surface area contributed by atoms with Gasteiger partial charge in [-0.2, -0.15) is 18.2 Å². The summed E-state index contributed by atoms with van der Waals surface area (Å²) in [5.41, 5.74) is 0.719. The zero-order chi connectivity index (χ0) is 19.4. The number of rotatable bonds is 6. The number of nitrogens with zero attached hydrogens (tertiary/aromatic N) is 4. The second-order valence-electron chi connectivity index (χ2n) is 5.33. The molecule has 0 saturated carbocycles. The van der Waals surface area contributed by atoms with E-state index in [9.17, 15) is 18.0 Å². The first-order valence-electron chi connectivity index (χ1n) is 7.55. The molecule has 140 valence electrons. The highest BCUT2D eigenvalue weighted by molar-refractivity contribution is 5.55. The maximum absolute atomic E-state index is 12.5. The van der Waals surface area contributed by atoms with Gasteiger partial charge >= 0.3 is 12.1 Å². The van der Waals surface area contributed by atoms with Crippen LogP contribution in [0.4, 0.5) is 13.2 Å². The van der Waals surface area contributed by atoms with E-state index in [1.807, 2.05) is 0 Å². The molecule has 11 heteroatoms. The van der Waals surface area contributed by atoms with Crippen molar-refractivity contribution >= 4 is 6.21 Å². The number of alkyl halides is 3. The van der Waals surface area contributed by atoms with Gasteiger partial charge in [-0.3, -0.25) is 9.36 Å². The molecule has 0 unspecified atom stereocenters. The molecule has 0 saturated heterocycles. The van der Waals surface area contributed by atoms with Crippen LogP contribution in [0.1, 0.15) is 11.5 Å². The van der Waals surface area contributed by atoms with E-state index in [-0.39, 0.29) is 30.4 Å². The van der Waals surface area contributed by atoms with Crippen LogP contribution in [0.3, 0.4) is 0 Å². The van der Waals surface area contributed by atoms with Gasteiger partial charge < -0.3 is 14.7 Å². The summed E-state index contributed by atoms with van der Waals surface area (Å²) in [5, 5.41) is 10.2. The summed E-state index contributed by atoms with van der Waals surface area (Å²) < 4.78 is 48.1. The van der Waals surface area contributed by atoms with Crippen LogP contribution in [0.25, 0.3) is 11.4 Å². The molecule has 0 aliphatic carbocycles. The molecule has 0 bridgehead atoms. The quantitative estimate of drug-likeness (QED) is 0.659. The van der Waals surface area contributed by atoms with Gasteiger partial charge in [-0.05, 0) is 5.56 Å². The Hall–Kier alpha value is -3.50. The van der Waals surface area contributed by atoms with Crippen LogP contribution in [0.2, 0.25) is 0 Å². The molecule has 0 atom stereocenters. The van der Waals surface area contributed by atoms with Gasteiger partial charge in [-0.1, -0.05) is 29.4 Å². The lowest BCUT2D eigenvalue weighted by atomic mass is 10.1. The van der Waals surface area contributed by atoms with Crippen molar-refractivity contribution in [3.05, 3.63) is 58.5 Å². The molecule has 2 heterocycles. The SMILES string of the molecule is N=CCOc1cc(=O)n(Cc2ccc(-c3noc(C(F)(F)F)n3)cc2)cn1. The maximum Gasteiger partial charge on any atom is 0.471 e. The van der Waals surface area contributed by atoms with E-state index in [0.717, 1.165) is 11.8 Å². The molecule has 27 heavy (non-hydrogen) atoms. The molecule has 8 nitrogen and oxygen atoms in total. The smallest absolute Gasteiger partial charge is 0.471 e. The molecular weight excluding hydrogens is 367 g/mol. The molecule has 0 amide bonds. The average molecular weight is 379 g/mol. The molecule has 3 rings (SSSR count). The van der Waals surface area contributed by atoms with Gasteiger partial charge in [0.1, 0.15) is 12.9 Å². The van der Waals surface area contributed by atoms with Crippen molar-refractivity contribution < 1.29 is 22.4 Å². The highest BCUT2D eigenvalue weighted by Crippen LogP contribution is 2.29. The Balaban J connectivity index is 1.73.